The fourth-order valence-electron chi connectivity index (χ4n) is 2.21. The van der Waals surface area contributed by atoms with Gasteiger partial charge in [0.05, 0.1) is 19.2 Å². The van der Waals surface area contributed by atoms with Crippen LogP contribution in [0.2, 0.25) is 0 Å². The van der Waals surface area contributed by atoms with Gasteiger partial charge in [-0.1, -0.05) is 0 Å². The lowest BCUT2D eigenvalue weighted by Gasteiger charge is -2.14. The number of hydrazine groups is 1. The van der Waals surface area contributed by atoms with Crippen molar-refractivity contribution in [3.8, 4) is 0 Å². The number of nitrogen functional groups attached to an aromatic ring is 1. The lowest BCUT2D eigenvalue weighted by molar-refractivity contribution is 0.0953. The van der Waals surface area contributed by atoms with Crippen LogP contribution in [-0.2, 0) is 11.3 Å². The molecule has 4 N–H and O–H groups in total. The second-order valence-corrected chi connectivity index (χ2v) is 4.63. The summed E-state index contributed by atoms with van der Waals surface area (Å²) in [4.78, 5) is 24.5. The topological polar surface area (TPSA) is 110 Å². The van der Waals surface area contributed by atoms with Crippen LogP contribution in [0.5, 0.6) is 0 Å². The molecular weight excluding hydrogens is 264 g/mol. The third-order valence-electron chi connectivity index (χ3n) is 3.21. The molecule has 1 aromatic heterocycles. The molecule has 1 aliphatic heterocycles. The number of nitrogens with one attached hydrogen (secondary N) is 2. The molecule has 8 nitrogen and oxygen atoms in total. The average molecular weight is 282 g/mol. The maximum Gasteiger partial charge on any atom is 0.407 e. The Balaban J connectivity index is 1.84. The molecule has 20 heavy (non-hydrogen) atoms. The van der Waals surface area contributed by atoms with Crippen LogP contribution in [0, 0.1) is 0 Å². The first-order chi connectivity index (χ1) is 9.62. The van der Waals surface area contributed by atoms with E-state index >= 15 is 0 Å². The number of rotatable bonds is 4. The average Bonchev–Trinajstić information content (AvgIpc) is 3.08. The molecule has 8 heteroatoms. The molecule has 2 heterocycles. The van der Waals surface area contributed by atoms with Gasteiger partial charge in [0, 0.05) is 19.1 Å². The second-order valence-electron chi connectivity index (χ2n) is 4.63. The number of nitrogens with two attached hydrogens (primary N) is 1. The molecule has 0 bridgehead atoms. The van der Waals surface area contributed by atoms with E-state index in [9.17, 15) is 9.59 Å². The SMILES string of the molecule is COC(=O)NC1CCN(Cc2cc(C(=O)NN)co2)C1. The van der Waals surface area contributed by atoms with Crippen molar-refractivity contribution in [3.05, 3.63) is 23.7 Å². The zero-order chi connectivity index (χ0) is 14.5. The minimum absolute atomic E-state index is 0.0734. The quantitative estimate of drug-likeness (QED) is 0.401. The highest BCUT2D eigenvalue weighted by Gasteiger charge is 2.25. The Kier molecular flexibility index (Phi) is 4.59. The zero-order valence-electron chi connectivity index (χ0n) is 11.2. The van der Waals surface area contributed by atoms with Gasteiger partial charge in [0.25, 0.3) is 5.91 Å². The van der Waals surface area contributed by atoms with Crippen molar-refractivity contribution in [3.63, 3.8) is 0 Å². The molecule has 1 saturated heterocycles. The number of amides is 2. The van der Waals surface area contributed by atoms with Gasteiger partial charge in [-0.25, -0.2) is 10.6 Å². The van der Waals surface area contributed by atoms with Crippen LogP contribution >= 0.6 is 0 Å². The highest BCUT2D eigenvalue weighted by Crippen LogP contribution is 2.15. The number of alkyl carbamates (subject to hydrolysis) is 1. The zero-order valence-corrected chi connectivity index (χ0v) is 11.2. The Morgan fingerprint density at radius 2 is 2.40 bits per heavy atom. The van der Waals surface area contributed by atoms with Crippen molar-refractivity contribution >= 4 is 12.0 Å². The molecule has 1 unspecified atom stereocenters. The van der Waals surface area contributed by atoms with Gasteiger partial charge in [-0.15, -0.1) is 0 Å². The largest absolute Gasteiger partial charge is 0.467 e. The molecule has 0 aromatic carbocycles. The van der Waals surface area contributed by atoms with Gasteiger partial charge in [-0.05, 0) is 12.5 Å². The van der Waals surface area contributed by atoms with Crippen LogP contribution in [-0.4, -0.2) is 43.1 Å². The van der Waals surface area contributed by atoms with Crippen molar-refractivity contribution in [1.82, 2.24) is 15.6 Å². The Morgan fingerprint density at radius 3 is 3.10 bits per heavy atom. The fourth-order valence-corrected chi connectivity index (χ4v) is 2.21. The molecule has 1 aromatic rings. The van der Waals surface area contributed by atoms with E-state index in [1.165, 1.54) is 13.4 Å². The summed E-state index contributed by atoms with van der Waals surface area (Å²) >= 11 is 0. The Hall–Kier alpha value is -2.06. The van der Waals surface area contributed by atoms with E-state index in [0.717, 1.165) is 13.0 Å². The van der Waals surface area contributed by atoms with Crippen molar-refractivity contribution < 1.29 is 18.7 Å². The summed E-state index contributed by atoms with van der Waals surface area (Å²) in [6, 6.07) is 1.73. The van der Waals surface area contributed by atoms with E-state index < -0.39 is 6.09 Å². The van der Waals surface area contributed by atoms with Gasteiger partial charge in [0.1, 0.15) is 12.0 Å². The fraction of sp³-hybridized carbons (Fsp3) is 0.500. The maximum absolute atomic E-state index is 11.3. The molecule has 1 atom stereocenters. The lowest BCUT2D eigenvalue weighted by atomic mass is 10.3. The first-order valence-corrected chi connectivity index (χ1v) is 6.27. The highest BCUT2D eigenvalue weighted by molar-refractivity contribution is 5.93. The predicted molar refractivity (Wildman–Crippen MR) is 69.6 cm³/mol. The van der Waals surface area contributed by atoms with Gasteiger partial charge in [0.15, 0.2) is 0 Å². The molecule has 0 spiro atoms. The second kappa shape index (κ2) is 6.40. The van der Waals surface area contributed by atoms with Crippen LogP contribution in [0.4, 0.5) is 4.79 Å². The molecule has 1 fully saturated rings. The summed E-state index contributed by atoms with van der Waals surface area (Å²) in [5.41, 5.74) is 2.44. The summed E-state index contributed by atoms with van der Waals surface area (Å²) in [5.74, 6) is 5.35. The molecule has 0 aliphatic carbocycles. The molecule has 0 radical (unpaired) electrons. The highest BCUT2D eigenvalue weighted by atomic mass is 16.5. The number of carbonyl (C=O) groups is 2. The number of carbonyl (C=O) groups excluding carboxylic acids is 2. The Morgan fingerprint density at radius 1 is 1.60 bits per heavy atom. The first-order valence-electron chi connectivity index (χ1n) is 6.27. The number of ether oxygens (including phenoxy) is 1. The van der Waals surface area contributed by atoms with Gasteiger partial charge >= 0.3 is 6.09 Å². The van der Waals surface area contributed by atoms with E-state index in [-0.39, 0.29) is 11.9 Å². The molecule has 2 rings (SSSR count). The Bertz CT molecular complexity index is 488. The third-order valence-corrected chi connectivity index (χ3v) is 3.21. The van der Waals surface area contributed by atoms with Gasteiger partial charge in [-0.3, -0.25) is 15.1 Å². The van der Waals surface area contributed by atoms with E-state index in [4.69, 9.17) is 10.3 Å². The third kappa shape index (κ3) is 3.49. The molecule has 2 amide bonds. The number of likely N-dealkylation sites (tertiary alicyclic amines) is 1. The van der Waals surface area contributed by atoms with E-state index in [0.29, 0.717) is 24.4 Å². The maximum atomic E-state index is 11.3. The summed E-state index contributed by atoms with van der Waals surface area (Å²) < 4.78 is 9.88. The normalized spacial score (nSPS) is 18.8. The first kappa shape index (κ1) is 14.4. The van der Waals surface area contributed by atoms with Crippen LogP contribution in [0.3, 0.4) is 0 Å². The standard InChI is InChI=1S/C12H18N4O4/c1-19-12(18)14-9-2-3-16(5-9)6-10-4-8(7-20-10)11(17)15-13/h4,7,9H,2-3,5-6,13H2,1H3,(H,14,18)(H,15,17). The number of furan rings is 1. The number of hydrogen-bond donors (Lipinski definition) is 3. The van der Waals surface area contributed by atoms with E-state index in [2.05, 4.69) is 15.0 Å². The van der Waals surface area contributed by atoms with Crippen LogP contribution in [0.15, 0.2) is 16.7 Å². The van der Waals surface area contributed by atoms with Crippen LogP contribution in [0.1, 0.15) is 22.5 Å². The van der Waals surface area contributed by atoms with Crippen LogP contribution < -0.4 is 16.6 Å². The van der Waals surface area contributed by atoms with Gasteiger partial charge in [0.2, 0.25) is 0 Å². The van der Waals surface area contributed by atoms with Crippen molar-refractivity contribution in [2.24, 2.45) is 5.84 Å². The van der Waals surface area contributed by atoms with Crippen molar-refractivity contribution in [2.45, 2.75) is 19.0 Å². The molecule has 1 aliphatic rings. The Labute approximate surface area is 116 Å². The summed E-state index contributed by atoms with van der Waals surface area (Å²) in [6.45, 7) is 2.14. The monoisotopic (exact) mass is 282 g/mol. The number of nitrogens with zero attached hydrogens (tertiary/aromatic N) is 1. The minimum atomic E-state index is -0.420. The molecule has 110 valence electrons. The lowest BCUT2D eigenvalue weighted by Crippen LogP contribution is -2.36. The van der Waals surface area contributed by atoms with E-state index in [1.54, 1.807) is 6.07 Å². The smallest absolute Gasteiger partial charge is 0.407 e. The number of methoxy groups -OCH3 is 1. The molecular formula is C12H18N4O4. The van der Waals surface area contributed by atoms with Crippen molar-refractivity contribution in [2.75, 3.05) is 20.2 Å². The van der Waals surface area contributed by atoms with E-state index in [1.807, 2.05) is 5.43 Å². The van der Waals surface area contributed by atoms with Gasteiger partial charge in [-0.2, -0.15) is 0 Å². The number of hydrogen-bond acceptors (Lipinski definition) is 6. The summed E-state index contributed by atoms with van der Waals surface area (Å²) in [7, 11) is 1.34. The minimum Gasteiger partial charge on any atom is -0.467 e. The summed E-state index contributed by atoms with van der Waals surface area (Å²) in [5, 5.41) is 2.76. The summed E-state index contributed by atoms with van der Waals surface area (Å²) in [6.07, 6.45) is 1.81. The van der Waals surface area contributed by atoms with Crippen LogP contribution in [0.25, 0.3) is 0 Å². The predicted octanol–water partition coefficient (Wildman–Crippen LogP) is -0.187. The molecule has 0 saturated carbocycles. The van der Waals surface area contributed by atoms with Gasteiger partial charge < -0.3 is 14.5 Å². The van der Waals surface area contributed by atoms with Crippen molar-refractivity contribution in [1.29, 1.82) is 0 Å².